The number of likely N-dealkylation sites (tertiary alicyclic amines) is 1. The molecule has 0 N–H and O–H groups in total. The van der Waals surface area contributed by atoms with Crippen LogP contribution in [0.2, 0.25) is 0 Å². The molecule has 4 rings (SSSR count). The molecule has 2 unspecified atom stereocenters. The fourth-order valence-electron chi connectivity index (χ4n) is 3.52. The fourth-order valence-corrected chi connectivity index (χ4v) is 3.52. The Kier molecular flexibility index (Phi) is 4.32. The lowest BCUT2D eigenvalue weighted by molar-refractivity contribution is 0.136. The number of aromatic nitrogens is 2. The van der Waals surface area contributed by atoms with Gasteiger partial charge in [0, 0.05) is 0 Å². The molecule has 0 amide bonds. The second kappa shape index (κ2) is 6.76. The smallest absolute Gasteiger partial charge is 0.244 e. The first-order valence-electron chi connectivity index (χ1n) is 8.56. The average Bonchev–Trinajstić information content (AvgIpc) is 3.13. The Hall–Kier alpha value is -2.53. The van der Waals surface area contributed by atoms with E-state index in [0.717, 1.165) is 19.4 Å². The summed E-state index contributed by atoms with van der Waals surface area (Å²) in [6.07, 6.45) is 2.02. The molecule has 0 saturated carbocycles. The molecular formula is C20H20FN3O. The minimum Gasteiger partial charge on any atom is -0.337 e. The minimum absolute atomic E-state index is 0.0481. The third-order valence-corrected chi connectivity index (χ3v) is 4.98. The molecule has 1 saturated heterocycles. The summed E-state index contributed by atoms with van der Waals surface area (Å²) >= 11 is 0. The Morgan fingerprint density at radius 3 is 2.64 bits per heavy atom. The van der Waals surface area contributed by atoms with E-state index in [1.165, 1.54) is 11.6 Å². The first-order chi connectivity index (χ1) is 12.2. The first-order valence-corrected chi connectivity index (χ1v) is 8.56. The number of hydrogen-bond acceptors (Lipinski definition) is 4. The van der Waals surface area contributed by atoms with Crippen molar-refractivity contribution in [1.82, 2.24) is 15.0 Å². The monoisotopic (exact) mass is 337 g/mol. The molecule has 1 aliphatic heterocycles. The standard InChI is InChI=1S/C20H20FN3O/c1-24-12-11-15(14-7-3-2-4-8-14)13-18(24)20-22-19(23-25-20)16-9-5-6-10-17(16)21/h2-10,15,18H,11-13H2,1H3. The van der Waals surface area contributed by atoms with Gasteiger partial charge in [-0.1, -0.05) is 47.6 Å². The normalized spacial score (nSPS) is 21.4. The highest BCUT2D eigenvalue weighted by Crippen LogP contribution is 2.38. The maximum absolute atomic E-state index is 14.0. The van der Waals surface area contributed by atoms with Crippen LogP contribution in [-0.2, 0) is 0 Å². The molecule has 0 spiro atoms. The summed E-state index contributed by atoms with van der Waals surface area (Å²) in [5, 5.41) is 4.00. The van der Waals surface area contributed by atoms with Crippen molar-refractivity contribution in [2.75, 3.05) is 13.6 Å². The largest absolute Gasteiger partial charge is 0.337 e. The number of hydrogen-bond donors (Lipinski definition) is 0. The Bertz CT molecular complexity index is 849. The van der Waals surface area contributed by atoms with E-state index >= 15 is 0 Å². The molecule has 5 heteroatoms. The summed E-state index contributed by atoms with van der Waals surface area (Å²) < 4.78 is 19.5. The summed E-state index contributed by atoms with van der Waals surface area (Å²) in [5.74, 6) is 0.991. The van der Waals surface area contributed by atoms with E-state index in [-0.39, 0.29) is 11.9 Å². The fraction of sp³-hybridized carbons (Fsp3) is 0.300. The Morgan fingerprint density at radius 1 is 1.08 bits per heavy atom. The topological polar surface area (TPSA) is 42.2 Å². The van der Waals surface area contributed by atoms with E-state index < -0.39 is 0 Å². The van der Waals surface area contributed by atoms with Gasteiger partial charge in [0.05, 0.1) is 11.6 Å². The second-order valence-electron chi connectivity index (χ2n) is 6.56. The van der Waals surface area contributed by atoms with Gasteiger partial charge in [-0.25, -0.2) is 4.39 Å². The van der Waals surface area contributed by atoms with Gasteiger partial charge in [-0.15, -0.1) is 0 Å². The van der Waals surface area contributed by atoms with Gasteiger partial charge in [-0.05, 0) is 50.0 Å². The molecule has 1 aliphatic rings. The third-order valence-electron chi connectivity index (χ3n) is 4.98. The molecule has 0 bridgehead atoms. The van der Waals surface area contributed by atoms with Crippen molar-refractivity contribution in [2.45, 2.75) is 24.8 Å². The summed E-state index contributed by atoms with van der Waals surface area (Å²) in [6.45, 7) is 0.960. The highest BCUT2D eigenvalue weighted by molar-refractivity contribution is 5.54. The van der Waals surface area contributed by atoms with Crippen LogP contribution in [0.15, 0.2) is 59.1 Å². The number of nitrogens with zero attached hydrogens (tertiary/aromatic N) is 3. The van der Waals surface area contributed by atoms with Crippen molar-refractivity contribution in [3.05, 3.63) is 71.9 Å². The Morgan fingerprint density at radius 2 is 1.84 bits per heavy atom. The van der Waals surface area contributed by atoms with Crippen LogP contribution in [0.5, 0.6) is 0 Å². The third kappa shape index (κ3) is 3.20. The van der Waals surface area contributed by atoms with Gasteiger partial charge in [-0.3, -0.25) is 4.90 Å². The predicted molar refractivity (Wildman–Crippen MR) is 93.5 cm³/mol. The highest BCUT2D eigenvalue weighted by atomic mass is 19.1. The van der Waals surface area contributed by atoms with Crippen LogP contribution >= 0.6 is 0 Å². The molecule has 2 heterocycles. The first kappa shape index (κ1) is 16.0. The van der Waals surface area contributed by atoms with Crippen LogP contribution in [-0.4, -0.2) is 28.6 Å². The Balaban J connectivity index is 1.59. The summed E-state index contributed by atoms with van der Waals surface area (Å²) in [6, 6.07) is 17.1. The molecule has 2 atom stereocenters. The number of halogens is 1. The van der Waals surface area contributed by atoms with Crippen molar-refractivity contribution in [3.63, 3.8) is 0 Å². The predicted octanol–water partition coefficient (Wildman–Crippen LogP) is 4.43. The molecule has 2 aromatic carbocycles. The molecular weight excluding hydrogens is 317 g/mol. The quantitative estimate of drug-likeness (QED) is 0.709. The van der Waals surface area contributed by atoms with E-state index in [1.807, 2.05) is 6.07 Å². The Labute approximate surface area is 146 Å². The molecule has 25 heavy (non-hydrogen) atoms. The number of piperidine rings is 1. The van der Waals surface area contributed by atoms with E-state index in [4.69, 9.17) is 4.52 Å². The lowest BCUT2D eigenvalue weighted by Crippen LogP contribution is -2.33. The maximum atomic E-state index is 14.0. The number of benzene rings is 2. The molecule has 128 valence electrons. The number of rotatable bonds is 3. The highest BCUT2D eigenvalue weighted by Gasteiger charge is 2.32. The summed E-state index contributed by atoms with van der Waals surface area (Å²) in [7, 11) is 2.07. The van der Waals surface area contributed by atoms with Gasteiger partial charge in [0.1, 0.15) is 5.82 Å². The van der Waals surface area contributed by atoms with E-state index in [1.54, 1.807) is 18.2 Å². The summed E-state index contributed by atoms with van der Waals surface area (Å²) in [5.41, 5.74) is 1.71. The van der Waals surface area contributed by atoms with Gasteiger partial charge in [0.25, 0.3) is 0 Å². The molecule has 0 aliphatic carbocycles. The van der Waals surface area contributed by atoms with Crippen LogP contribution in [0.3, 0.4) is 0 Å². The summed E-state index contributed by atoms with van der Waals surface area (Å²) in [4.78, 5) is 6.72. The van der Waals surface area contributed by atoms with Gasteiger partial charge < -0.3 is 4.52 Å². The molecule has 0 radical (unpaired) electrons. The zero-order valence-corrected chi connectivity index (χ0v) is 14.1. The van der Waals surface area contributed by atoms with Gasteiger partial charge in [0.2, 0.25) is 11.7 Å². The van der Waals surface area contributed by atoms with Crippen molar-refractivity contribution in [3.8, 4) is 11.4 Å². The molecule has 4 nitrogen and oxygen atoms in total. The van der Waals surface area contributed by atoms with Gasteiger partial charge >= 0.3 is 0 Å². The zero-order valence-electron chi connectivity index (χ0n) is 14.1. The van der Waals surface area contributed by atoms with Crippen LogP contribution in [0, 0.1) is 5.82 Å². The molecule has 1 fully saturated rings. The minimum atomic E-state index is -0.339. The maximum Gasteiger partial charge on any atom is 0.244 e. The molecule has 3 aromatic rings. The van der Waals surface area contributed by atoms with Crippen LogP contribution < -0.4 is 0 Å². The van der Waals surface area contributed by atoms with E-state index in [0.29, 0.717) is 23.2 Å². The van der Waals surface area contributed by atoms with Crippen molar-refractivity contribution >= 4 is 0 Å². The van der Waals surface area contributed by atoms with Gasteiger partial charge in [0.15, 0.2) is 0 Å². The van der Waals surface area contributed by atoms with Crippen molar-refractivity contribution in [2.24, 2.45) is 0 Å². The SMILES string of the molecule is CN1CCC(c2ccccc2)CC1c1nc(-c2ccccc2F)no1. The van der Waals surface area contributed by atoms with Crippen LogP contribution in [0.1, 0.15) is 36.3 Å². The lowest BCUT2D eigenvalue weighted by atomic mass is 9.85. The second-order valence-corrected chi connectivity index (χ2v) is 6.56. The molecule has 1 aromatic heterocycles. The van der Waals surface area contributed by atoms with Crippen molar-refractivity contribution < 1.29 is 8.91 Å². The average molecular weight is 337 g/mol. The van der Waals surface area contributed by atoms with E-state index in [2.05, 4.69) is 46.4 Å². The van der Waals surface area contributed by atoms with Gasteiger partial charge in [-0.2, -0.15) is 4.98 Å². The zero-order chi connectivity index (χ0) is 17.2. The van der Waals surface area contributed by atoms with E-state index in [9.17, 15) is 4.39 Å². The lowest BCUT2D eigenvalue weighted by Gasteiger charge is -2.35. The van der Waals surface area contributed by atoms with Crippen molar-refractivity contribution in [1.29, 1.82) is 0 Å². The van der Waals surface area contributed by atoms with Crippen LogP contribution in [0.4, 0.5) is 4.39 Å². The van der Waals surface area contributed by atoms with Crippen LogP contribution in [0.25, 0.3) is 11.4 Å².